The summed E-state index contributed by atoms with van der Waals surface area (Å²) in [7, 11) is 1.97. The SMILES string of the molecule is CN(CC1CCCCC1)c1ccncc1C(=O)O. The maximum atomic E-state index is 11.2. The molecule has 18 heavy (non-hydrogen) atoms. The number of rotatable bonds is 4. The third-order valence-corrected chi connectivity index (χ3v) is 3.70. The van der Waals surface area contributed by atoms with Gasteiger partial charge in [0.25, 0.3) is 0 Å². The largest absolute Gasteiger partial charge is 0.478 e. The number of carbonyl (C=O) groups is 1. The van der Waals surface area contributed by atoms with Crippen LogP contribution in [0.1, 0.15) is 42.5 Å². The molecule has 1 aromatic rings. The van der Waals surface area contributed by atoms with Gasteiger partial charge in [0.2, 0.25) is 0 Å². The van der Waals surface area contributed by atoms with Crippen molar-refractivity contribution in [3.05, 3.63) is 24.0 Å². The van der Waals surface area contributed by atoms with E-state index in [0.29, 0.717) is 5.92 Å². The van der Waals surface area contributed by atoms with Gasteiger partial charge in [0, 0.05) is 26.0 Å². The molecular weight excluding hydrogens is 228 g/mol. The van der Waals surface area contributed by atoms with E-state index >= 15 is 0 Å². The number of anilines is 1. The first-order valence-electron chi connectivity index (χ1n) is 6.57. The van der Waals surface area contributed by atoms with Gasteiger partial charge in [0.05, 0.1) is 5.69 Å². The molecule has 2 rings (SSSR count). The van der Waals surface area contributed by atoms with Crippen LogP contribution < -0.4 is 4.90 Å². The highest BCUT2D eigenvalue weighted by Crippen LogP contribution is 2.26. The van der Waals surface area contributed by atoms with Crippen LogP contribution in [0.4, 0.5) is 5.69 Å². The second kappa shape index (κ2) is 5.85. The number of pyridine rings is 1. The summed E-state index contributed by atoms with van der Waals surface area (Å²) in [5.41, 5.74) is 1.05. The summed E-state index contributed by atoms with van der Waals surface area (Å²) in [4.78, 5) is 17.1. The van der Waals surface area contributed by atoms with Crippen LogP contribution in [-0.4, -0.2) is 29.7 Å². The molecule has 0 aromatic carbocycles. The van der Waals surface area contributed by atoms with E-state index in [2.05, 4.69) is 9.88 Å². The van der Waals surface area contributed by atoms with Gasteiger partial charge in [-0.2, -0.15) is 0 Å². The van der Waals surface area contributed by atoms with Crippen molar-refractivity contribution >= 4 is 11.7 Å². The molecule has 1 aliphatic carbocycles. The van der Waals surface area contributed by atoms with Gasteiger partial charge >= 0.3 is 5.97 Å². The van der Waals surface area contributed by atoms with Gasteiger partial charge in [-0.1, -0.05) is 19.3 Å². The van der Waals surface area contributed by atoms with Crippen LogP contribution in [0.2, 0.25) is 0 Å². The topological polar surface area (TPSA) is 53.4 Å². The maximum Gasteiger partial charge on any atom is 0.339 e. The van der Waals surface area contributed by atoms with Gasteiger partial charge in [-0.15, -0.1) is 0 Å². The molecule has 1 aromatic heterocycles. The Bertz CT molecular complexity index is 414. The highest BCUT2D eigenvalue weighted by molar-refractivity contribution is 5.93. The van der Waals surface area contributed by atoms with E-state index in [1.165, 1.54) is 38.3 Å². The first-order chi connectivity index (χ1) is 8.68. The lowest BCUT2D eigenvalue weighted by atomic mass is 9.89. The zero-order valence-corrected chi connectivity index (χ0v) is 10.8. The Labute approximate surface area is 108 Å². The van der Waals surface area contributed by atoms with E-state index in [4.69, 9.17) is 5.11 Å². The Morgan fingerprint density at radius 3 is 2.83 bits per heavy atom. The maximum absolute atomic E-state index is 11.2. The predicted molar refractivity (Wildman–Crippen MR) is 71.0 cm³/mol. The average Bonchev–Trinajstić information content (AvgIpc) is 2.40. The van der Waals surface area contributed by atoms with Gasteiger partial charge in [0.15, 0.2) is 0 Å². The molecule has 1 N–H and O–H groups in total. The normalized spacial score (nSPS) is 16.5. The van der Waals surface area contributed by atoms with Crippen LogP contribution in [0, 0.1) is 5.92 Å². The Hall–Kier alpha value is -1.58. The van der Waals surface area contributed by atoms with E-state index in [0.717, 1.165) is 12.2 Å². The van der Waals surface area contributed by atoms with Gasteiger partial charge in [0.1, 0.15) is 5.56 Å². The smallest absolute Gasteiger partial charge is 0.339 e. The summed E-state index contributed by atoms with van der Waals surface area (Å²) >= 11 is 0. The Balaban J connectivity index is 2.08. The third-order valence-electron chi connectivity index (χ3n) is 3.70. The van der Waals surface area contributed by atoms with Crippen LogP contribution in [0.25, 0.3) is 0 Å². The van der Waals surface area contributed by atoms with E-state index in [1.807, 2.05) is 7.05 Å². The van der Waals surface area contributed by atoms with Crippen LogP contribution in [-0.2, 0) is 0 Å². The summed E-state index contributed by atoms with van der Waals surface area (Å²) in [6.07, 6.45) is 9.56. The molecular formula is C14H20N2O2. The van der Waals surface area contributed by atoms with Gasteiger partial charge in [-0.25, -0.2) is 4.79 Å². The predicted octanol–water partition coefficient (Wildman–Crippen LogP) is 2.80. The van der Waals surface area contributed by atoms with E-state index in [1.54, 1.807) is 12.3 Å². The number of carboxylic acids is 1. The van der Waals surface area contributed by atoms with Gasteiger partial charge < -0.3 is 10.0 Å². The molecule has 4 nitrogen and oxygen atoms in total. The second-order valence-corrected chi connectivity index (χ2v) is 5.08. The fraction of sp³-hybridized carbons (Fsp3) is 0.571. The zero-order chi connectivity index (χ0) is 13.0. The van der Waals surface area contributed by atoms with Crippen LogP contribution >= 0.6 is 0 Å². The van der Waals surface area contributed by atoms with Crippen molar-refractivity contribution in [2.24, 2.45) is 5.92 Å². The molecule has 0 bridgehead atoms. The third kappa shape index (κ3) is 3.00. The number of hydrogen-bond acceptors (Lipinski definition) is 3. The lowest BCUT2D eigenvalue weighted by molar-refractivity contribution is 0.0697. The van der Waals surface area contributed by atoms with Crippen molar-refractivity contribution in [1.82, 2.24) is 4.98 Å². The van der Waals surface area contributed by atoms with Crippen LogP contribution in [0.5, 0.6) is 0 Å². The highest BCUT2D eigenvalue weighted by Gasteiger charge is 2.18. The lowest BCUT2D eigenvalue weighted by Gasteiger charge is -2.29. The van der Waals surface area contributed by atoms with Crippen molar-refractivity contribution in [3.8, 4) is 0 Å². The number of aromatic nitrogens is 1. The molecule has 1 heterocycles. The molecule has 1 fully saturated rings. The van der Waals surface area contributed by atoms with E-state index in [9.17, 15) is 4.79 Å². The molecule has 1 aliphatic rings. The highest BCUT2D eigenvalue weighted by atomic mass is 16.4. The second-order valence-electron chi connectivity index (χ2n) is 5.08. The Morgan fingerprint density at radius 1 is 1.44 bits per heavy atom. The molecule has 0 spiro atoms. The van der Waals surface area contributed by atoms with E-state index in [-0.39, 0.29) is 5.56 Å². The lowest BCUT2D eigenvalue weighted by Crippen LogP contribution is -2.28. The van der Waals surface area contributed by atoms with Crippen molar-refractivity contribution in [3.63, 3.8) is 0 Å². The quantitative estimate of drug-likeness (QED) is 0.890. The molecule has 4 heteroatoms. The van der Waals surface area contributed by atoms with Crippen molar-refractivity contribution in [2.45, 2.75) is 32.1 Å². The molecule has 0 saturated heterocycles. The number of hydrogen-bond donors (Lipinski definition) is 1. The van der Waals surface area contributed by atoms with Crippen LogP contribution in [0.15, 0.2) is 18.5 Å². The minimum atomic E-state index is -0.909. The standard InChI is InChI=1S/C14H20N2O2/c1-16(10-11-5-3-2-4-6-11)13-7-8-15-9-12(13)14(17)18/h7-9,11H,2-6,10H2,1H3,(H,17,18). The summed E-state index contributed by atoms with van der Waals surface area (Å²) in [6.45, 7) is 0.935. The van der Waals surface area contributed by atoms with Crippen LogP contribution in [0.3, 0.4) is 0 Å². The van der Waals surface area contributed by atoms with E-state index < -0.39 is 5.97 Å². The molecule has 0 unspecified atom stereocenters. The van der Waals surface area contributed by atoms with Gasteiger partial charge in [-0.05, 0) is 24.8 Å². The number of carboxylic acid groups (broad SMARTS) is 1. The molecule has 98 valence electrons. The fourth-order valence-corrected chi connectivity index (χ4v) is 2.74. The molecule has 0 radical (unpaired) electrons. The first kappa shape index (κ1) is 12.9. The first-order valence-corrected chi connectivity index (χ1v) is 6.57. The molecule has 1 saturated carbocycles. The van der Waals surface area contributed by atoms with Crippen molar-refractivity contribution in [2.75, 3.05) is 18.5 Å². The summed E-state index contributed by atoms with van der Waals surface area (Å²) in [6, 6.07) is 1.78. The summed E-state index contributed by atoms with van der Waals surface area (Å²) < 4.78 is 0. The average molecular weight is 248 g/mol. The molecule has 0 atom stereocenters. The summed E-state index contributed by atoms with van der Waals surface area (Å²) in [5.74, 6) is -0.216. The Kier molecular flexibility index (Phi) is 4.18. The van der Waals surface area contributed by atoms with Gasteiger partial charge in [-0.3, -0.25) is 4.98 Å². The monoisotopic (exact) mass is 248 g/mol. The fourth-order valence-electron chi connectivity index (χ4n) is 2.74. The molecule has 0 amide bonds. The Morgan fingerprint density at radius 2 is 2.17 bits per heavy atom. The number of nitrogens with zero attached hydrogens (tertiary/aromatic N) is 2. The minimum Gasteiger partial charge on any atom is -0.478 e. The minimum absolute atomic E-state index is 0.288. The van der Waals surface area contributed by atoms with Crippen molar-refractivity contribution < 1.29 is 9.90 Å². The summed E-state index contributed by atoms with van der Waals surface area (Å²) in [5, 5.41) is 9.15. The zero-order valence-electron chi connectivity index (χ0n) is 10.8. The molecule has 0 aliphatic heterocycles. The van der Waals surface area contributed by atoms with Crippen molar-refractivity contribution in [1.29, 1.82) is 0 Å². The number of aromatic carboxylic acids is 1.